The van der Waals surface area contributed by atoms with Crippen molar-refractivity contribution < 1.29 is 9.53 Å². The van der Waals surface area contributed by atoms with Crippen molar-refractivity contribution in [1.29, 1.82) is 0 Å². The third kappa shape index (κ3) is 4.43. The average Bonchev–Trinajstić information content (AvgIpc) is 2.48. The molecule has 116 valence electrons. The lowest BCUT2D eigenvalue weighted by Gasteiger charge is -2.38. The minimum absolute atomic E-state index is 0.0316. The fourth-order valence-corrected chi connectivity index (χ4v) is 3.37. The summed E-state index contributed by atoms with van der Waals surface area (Å²) in [5.41, 5.74) is 5.81. The molecule has 1 amide bonds. The predicted molar refractivity (Wildman–Crippen MR) is 79.4 cm³/mol. The van der Waals surface area contributed by atoms with Gasteiger partial charge in [0.05, 0.1) is 6.61 Å². The van der Waals surface area contributed by atoms with E-state index in [0.717, 1.165) is 32.1 Å². The van der Waals surface area contributed by atoms with Crippen LogP contribution in [0.5, 0.6) is 0 Å². The van der Waals surface area contributed by atoms with Crippen molar-refractivity contribution in [2.24, 2.45) is 11.7 Å². The van der Waals surface area contributed by atoms with Crippen LogP contribution < -0.4 is 5.73 Å². The molecule has 20 heavy (non-hydrogen) atoms. The highest BCUT2D eigenvalue weighted by Crippen LogP contribution is 2.24. The second-order valence-electron chi connectivity index (χ2n) is 6.19. The minimum Gasteiger partial charge on any atom is -0.383 e. The first kappa shape index (κ1) is 15.7. The van der Waals surface area contributed by atoms with Crippen LogP contribution in [-0.4, -0.2) is 68.2 Å². The molecule has 5 heteroatoms. The number of ether oxygens (including phenoxy) is 1. The maximum absolute atomic E-state index is 12.1. The molecular formula is C15H29N3O2. The highest BCUT2D eigenvalue weighted by molar-refractivity contribution is 5.81. The molecule has 1 saturated carbocycles. The highest BCUT2D eigenvalue weighted by Gasteiger charge is 2.26. The van der Waals surface area contributed by atoms with Gasteiger partial charge in [0.25, 0.3) is 0 Å². The summed E-state index contributed by atoms with van der Waals surface area (Å²) in [5, 5.41) is 0. The quantitative estimate of drug-likeness (QED) is 0.806. The lowest BCUT2D eigenvalue weighted by molar-refractivity contribution is -0.135. The van der Waals surface area contributed by atoms with Crippen LogP contribution in [0.15, 0.2) is 0 Å². The predicted octanol–water partition coefficient (Wildman–Crippen LogP) is 0.685. The van der Waals surface area contributed by atoms with Crippen molar-refractivity contribution >= 4 is 5.91 Å². The maximum atomic E-state index is 12.1. The SMILES string of the molecule is COCC(N)C(=O)N1CCN(CC2CCCCC2)CC1. The van der Waals surface area contributed by atoms with E-state index in [2.05, 4.69) is 4.90 Å². The first-order chi connectivity index (χ1) is 9.70. The molecule has 1 saturated heterocycles. The molecular weight excluding hydrogens is 254 g/mol. The number of carbonyl (C=O) groups excluding carboxylic acids is 1. The van der Waals surface area contributed by atoms with E-state index in [0.29, 0.717) is 6.61 Å². The summed E-state index contributed by atoms with van der Waals surface area (Å²) in [6, 6.07) is -0.509. The van der Waals surface area contributed by atoms with Gasteiger partial charge < -0.3 is 15.4 Å². The fraction of sp³-hybridized carbons (Fsp3) is 0.933. The van der Waals surface area contributed by atoms with Crippen LogP contribution in [0.1, 0.15) is 32.1 Å². The number of carbonyl (C=O) groups is 1. The smallest absolute Gasteiger partial charge is 0.241 e. The van der Waals surface area contributed by atoms with Crippen LogP contribution in [0.25, 0.3) is 0 Å². The van der Waals surface area contributed by atoms with Crippen molar-refractivity contribution in [3.05, 3.63) is 0 Å². The van der Waals surface area contributed by atoms with Crippen molar-refractivity contribution in [3.63, 3.8) is 0 Å². The third-order valence-electron chi connectivity index (χ3n) is 4.59. The van der Waals surface area contributed by atoms with Gasteiger partial charge >= 0.3 is 0 Å². The molecule has 1 aliphatic heterocycles. The molecule has 1 atom stereocenters. The molecule has 0 aromatic heterocycles. The van der Waals surface area contributed by atoms with E-state index in [1.165, 1.54) is 38.6 Å². The zero-order valence-corrected chi connectivity index (χ0v) is 12.7. The molecule has 0 bridgehead atoms. The highest BCUT2D eigenvalue weighted by atomic mass is 16.5. The van der Waals surface area contributed by atoms with Crippen LogP contribution >= 0.6 is 0 Å². The van der Waals surface area contributed by atoms with Crippen LogP contribution in [0.2, 0.25) is 0 Å². The maximum Gasteiger partial charge on any atom is 0.241 e. The Hall–Kier alpha value is -0.650. The average molecular weight is 283 g/mol. The monoisotopic (exact) mass is 283 g/mol. The molecule has 1 aliphatic carbocycles. The second kappa shape index (κ2) is 7.96. The molecule has 0 aromatic rings. The zero-order chi connectivity index (χ0) is 14.4. The van der Waals surface area contributed by atoms with Gasteiger partial charge in [-0.2, -0.15) is 0 Å². The molecule has 1 heterocycles. The van der Waals surface area contributed by atoms with Crippen LogP contribution in [-0.2, 0) is 9.53 Å². The summed E-state index contributed by atoms with van der Waals surface area (Å²) in [7, 11) is 1.58. The third-order valence-corrected chi connectivity index (χ3v) is 4.59. The summed E-state index contributed by atoms with van der Waals surface area (Å²) in [4.78, 5) is 16.5. The van der Waals surface area contributed by atoms with Gasteiger partial charge in [0, 0.05) is 39.8 Å². The molecule has 1 unspecified atom stereocenters. The topological polar surface area (TPSA) is 58.8 Å². The Morgan fingerprint density at radius 1 is 1.20 bits per heavy atom. The fourth-order valence-electron chi connectivity index (χ4n) is 3.37. The number of hydrogen-bond donors (Lipinski definition) is 1. The number of hydrogen-bond acceptors (Lipinski definition) is 4. The first-order valence-corrected chi connectivity index (χ1v) is 7.96. The van der Waals surface area contributed by atoms with Crippen molar-refractivity contribution in [2.45, 2.75) is 38.1 Å². The number of nitrogens with zero attached hydrogens (tertiary/aromatic N) is 2. The van der Waals surface area contributed by atoms with Crippen molar-refractivity contribution in [1.82, 2.24) is 9.80 Å². The van der Waals surface area contributed by atoms with Crippen LogP contribution in [0.4, 0.5) is 0 Å². The Balaban J connectivity index is 1.70. The summed E-state index contributed by atoms with van der Waals surface area (Å²) in [6.45, 7) is 5.11. The van der Waals surface area contributed by atoms with Gasteiger partial charge in [-0.15, -0.1) is 0 Å². The number of rotatable bonds is 5. The molecule has 5 nitrogen and oxygen atoms in total. The molecule has 2 N–H and O–H groups in total. The van der Waals surface area contributed by atoms with Gasteiger partial charge in [-0.1, -0.05) is 19.3 Å². The van der Waals surface area contributed by atoms with E-state index in [1.54, 1.807) is 7.11 Å². The number of methoxy groups -OCH3 is 1. The summed E-state index contributed by atoms with van der Waals surface area (Å²) < 4.78 is 4.95. The second-order valence-corrected chi connectivity index (χ2v) is 6.19. The van der Waals surface area contributed by atoms with Gasteiger partial charge in [0.15, 0.2) is 0 Å². The lowest BCUT2D eigenvalue weighted by Crippen LogP contribution is -2.54. The zero-order valence-electron chi connectivity index (χ0n) is 12.7. The first-order valence-electron chi connectivity index (χ1n) is 7.96. The van der Waals surface area contributed by atoms with E-state index in [1.807, 2.05) is 4.90 Å². The van der Waals surface area contributed by atoms with E-state index in [9.17, 15) is 4.79 Å². The molecule has 0 spiro atoms. The van der Waals surface area contributed by atoms with Gasteiger partial charge in [-0.25, -0.2) is 0 Å². The lowest BCUT2D eigenvalue weighted by atomic mass is 9.89. The van der Waals surface area contributed by atoms with E-state index in [4.69, 9.17) is 10.5 Å². The minimum atomic E-state index is -0.509. The van der Waals surface area contributed by atoms with Gasteiger partial charge in [-0.05, 0) is 18.8 Å². The Bertz CT molecular complexity index is 297. The van der Waals surface area contributed by atoms with E-state index >= 15 is 0 Å². The largest absolute Gasteiger partial charge is 0.383 e. The normalized spacial score (nSPS) is 23.8. The summed E-state index contributed by atoms with van der Waals surface area (Å²) >= 11 is 0. The van der Waals surface area contributed by atoms with E-state index in [-0.39, 0.29) is 5.91 Å². The summed E-state index contributed by atoms with van der Waals surface area (Å²) in [6.07, 6.45) is 6.98. The molecule has 2 aliphatic rings. The Labute approximate surface area is 122 Å². The summed E-state index contributed by atoms with van der Waals surface area (Å²) in [5.74, 6) is 0.908. The Morgan fingerprint density at radius 3 is 2.45 bits per heavy atom. The van der Waals surface area contributed by atoms with Gasteiger partial charge in [-0.3, -0.25) is 9.69 Å². The van der Waals surface area contributed by atoms with Crippen molar-refractivity contribution in [3.8, 4) is 0 Å². The number of amides is 1. The molecule has 0 aromatic carbocycles. The Morgan fingerprint density at radius 2 is 1.85 bits per heavy atom. The van der Waals surface area contributed by atoms with Crippen LogP contribution in [0.3, 0.4) is 0 Å². The standard InChI is InChI=1S/C15H29N3O2/c1-20-12-14(16)15(19)18-9-7-17(8-10-18)11-13-5-3-2-4-6-13/h13-14H,2-12,16H2,1H3. The number of piperazine rings is 1. The van der Waals surface area contributed by atoms with Crippen LogP contribution in [0, 0.1) is 5.92 Å². The van der Waals surface area contributed by atoms with Gasteiger partial charge in [0.2, 0.25) is 5.91 Å². The van der Waals surface area contributed by atoms with Crippen molar-refractivity contribution in [2.75, 3.05) is 46.4 Å². The Kier molecular flexibility index (Phi) is 6.26. The molecule has 0 radical (unpaired) electrons. The number of nitrogens with two attached hydrogens (primary N) is 1. The molecule has 2 rings (SSSR count). The molecule has 2 fully saturated rings. The van der Waals surface area contributed by atoms with E-state index < -0.39 is 6.04 Å². The van der Waals surface area contributed by atoms with Gasteiger partial charge in [0.1, 0.15) is 6.04 Å².